The van der Waals surface area contributed by atoms with Crippen molar-refractivity contribution < 1.29 is 28.7 Å². The van der Waals surface area contributed by atoms with E-state index in [0.29, 0.717) is 38.0 Å². The van der Waals surface area contributed by atoms with Crippen molar-refractivity contribution in [1.82, 2.24) is 20.9 Å². The van der Waals surface area contributed by atoms with E-state index in [1.807, 2.05) is 11.8 Å². The molecule has 0 aromatic rings. The van der Waals surface area contributed by atoms with E-state index in [1.54, 1.807) is 0 Å². The van der Waals surface area contributed by atoms with Gasteiger partial charge in [-0.2, -0.15) is 11.8 Å². The van der Waals surface area contributed by atoms with Crippen LogP contribution < -0.4 is 16.0 Å². The third-order valence-electron chi connectivity index (χ3n) is 5.45. The summed E-state index contributed by atoms with van der Waals surface area (Å²) in [4.78, 5) is 47.6. The van der Waals surface area contributed by atoms with Crippen LogP contribution in [0.15, 0.2) is 10.6 Å². The summed E-state index contributed by atoms with van der Waals surface area (Å²) < 4.78 is 11.0. The van der Waals surface area contributed by atoms with Gasteiger partial charge in [-0.15, -0.1) is 0 Å². The molecule has 0 bridgehead atoms. The predicted octanol–water partition coefficient (Wildman–Crippen LogP) is 0.509. The molecule has 5 amide bonds. The van der Waals surface area contributed by atoms with Crippen LogP contribution in [0.2, 0.25) is 0 Å². The monoisotopic (exact) mass is 532 g/mol. The number of imide groups is 1. The summed E-state index contributed by atoms with van der Waals surface area (Å²) in [5, 5.41) is 9.18. The van der Waals surface area contributed by atoms with Gasteiger partial charge in [0.25, 0.3) is 11.8 Å². The van der Waals surface area contributed by atoms with Gasteiger partial charge >= 0.3 is 6.03 Å². The molecule has 2 fully saturated rings. The summed E-state index contributed by atoms with van der Waals surface area (Å²) in [5.41, 5.74) is 0. The second-order valence-corrected chi connectivity index (χ2v) is 9.86. The minimum absolute atomic E-state index is 0.0114. The Balaban J connectivity index is 1.10. The van der Waals surface area contributed by atoms with E-state index in [2.05, 4.69) is 31.9 Å². The number of amides is 5. The van der Waals surface area contributed by atoms with E-state index < -0.39 is 0 Å². The highest BCUT2D eigenvalue weighted by atomic mass is 79.9. The molecule has 10 nitrogen and oxygen atoms in total. The first-order valence-electron chi connectivity index (χ1n) is 10.8. The van der Waals surface area contributed by atoms with Crippen molar-refractivity contribution in [1.29, 1.82) is 0 Å². The van der Waals surface area contributed by atoms with Gasteiger partial charge in [-0.25, -0.2) is 4.79 Å². The fourth-order valence-corrected chi connectivity index (χ4v) is 5.75. The van der Waals surface area contributed by atoms with Crippen molar-refractivity contribution in [2.24, 2.45) is 0 Å². The van der Waals surface area contributed by atoms with E-state index in [1.165, 1.54) is 6.08 Å². The van der Waals surface area contributed by atoms with Gasteiger partial charge in [0.05, 0.1) is 49.5 Å². The van der Waals surface area contributed by atoms with Crippen LogP contribution in [0, 0.1) is 0 Å². The lowest BCUT2D eigenvalue weighted by Gasteiger charge is -2.16. The van der Waals surface area contributed by atoms with Crippen LogP contribution in [0.25, 0.3) is 0 Å². The SMILES string of the molecule is O=C(CCCC[C@@H]1SC[C@@H]2NC(=O)N[C@@H]21)NCCOCCOCCN1C(=O)C=C(Br)C1=O. The fourth-order valence-electron chi connectivity index (χ4n) is 3.79. The first-order chi connectivity index (χ1) is 15.5. The standard InChI is InChI=1S/C20H29BrN4O6S/c21-13-11-17(27)25(19(13)28)6-8-31-10-9-30-7-5-22-16(26)4-2-1-3-15-18-14(12-32-15)23-20(29)24-18/h11,14-15,18H,1-10,12H2,(H,22,26)(H2,23,24,29)/t14-,15-,18-/m0/s1. The summed E-state index contributed by atoms with van der Waals surface area (Å²) >= 11 is 4.92. The molecule has 0 aromatic carbocycles. The van der Waals surface area contributed by atoms with Crippen molar-refractivity contribution in [2.45, 2.75) is 43.0 Å². The van der Waals surface area contributed by atoms with Gasteiger partial charge in [-0.05, 0) is 28.8 Å². The van der Waals surface area contributed by atoms with Crippen molar-refractivity contribution in [3.05, 3.63) is 10.6 Å². The van der Waals surface area contributed by atoms with Crippen LogP contribution in [0.1, 0.15) is 25.7 Å². The molecule has 3 aliphatic heterocycles. The summed E-state index contributed by atoms with van der Waals surface area (Å²) in [5.74, 6) is 0.268. The molecule has 12 heteroatoms. The molecule has 0 aliphatic carbocycles. The lowest BCUT2D eigenvalue weighted by Crippen LogP contribution is -2.36. The Kier molecular flexibility index (Phi) is 9.82. The molecule has 0 saturated carbocycles. The molecule has 0 radical (unpaired) electrons. The van der Waals surface area contributed by atoms with Gasteiger partial charge in [-0.1, -0.05) is 6.42 Å². The van der Waals surface area contributed by atoms with Crippen LogP contribution in [-0.4, -0.2) is 91.3 Å². The number of halogens is 1. The van der Waals surface area contributed by atoms with Gasteiger partial charge in [0.2, 0.25) is 5.91 Å². The first-order valence-corrected chi connectivity index (χ1v) is 12.6. The minimum Gasteiger partial charge on any atom is -0.377 e. The molecule has 3 atom stereocenters. The Bertz CT molecular complexity index is 752. The number of carbonyl (C=O) groups is 4. The zero-order chi connectivity index (χ0) is 22.9. The number of fused-ring (bicyclic) bond motifs is 1. The quantitative estimate of drug-likeness (QED) is 0.169. The van der Waals surface area contributed by atoms with E-state index in [9.17, 15) is 19.2 Å². The van der Waals surface area contributed by atoms with Crippen molar-refractivity contribution >= 4 is 51.4 Å². The molecule has 178 valence electrons. The first kappa shape index (κ1) is 25.0. The molecule has 3 N–H and O–H groups in total. The molecule has 0 spiro atoms. The van der Waals surface area contributed by atoms with Crippen LogP contribution in [0.3, 0.4) is 0 Å². The van der Waals surface area contributed by atoms with Crippen LogP contribution in [-0.2, 0) is 23.9 Å². The molecule has 3 heterocycles. The lowest BCUT2D eigenvalue weighted by molar-refractivity contribution is -0.137. The average Bonchev–Trinajstić information content (AvgIpc) is 3.38. The Hall–Kier alpha value is -1.63. The zero-order valence-corrected chi connectivity index (χ0v) is 20.2. The van der Waals surface area contributed by atoms with Gasteiger partial charge in [0.15, 0.2) is 0 Å². The number of nitrogens with zero attached hydrogens (tertiary/aromatic N) is 1. The maximum atomic E-state index is 11.9. The summed E-state index contributed by atoms with van der Waals surface area (Å²) in [6.45, 7) is 1.99. The summed E-state index contributed by atoms with van der Waals surface area (Å²) in [6.07, 6.45) is 4.51. The Morgan fingerprint density at radius 1 is 1.16 bits per heavy atom. The average molecular weight is 533 g/mol. The number of nitrogens with one attached hydrogen (secondary N) is 3. The smallest absolute Gasteiger partial charge is 0.315 e. The largest absolute Gasteiger partial charge is 0.377 e. The van der Waals surface area contributed by atoms with Gasteiger partial charge in [0.1, 0.15) is 0 Å². The zero-order valence-electron chi connectivity index (χ0n) is 17.8. The van der Waals surface area contributed by atoms with E-state index in [-0.39, 0.29) is 53.5 Å². The summed E-state index contributed by atoms with van der Waals surface area (Å²) in [7, 11) is 0. The highest BCUT2D eigenvalue weighted by molar-refractivity contribution is 9.12. The van der Waals surface area contributed by atoms with Gasteiger partial charge < -0.3 is 25.4 Å². The van der Waals surface area contributed by atoms with Crippen molar-refractivity contribution in [3.8, 4) is 0 Å². The highest BCUT2D eigenvalue weighted by Gasteiger charge is 2.42. The number of urea groups is 1. The van der Waals surface area contributed by atoms with E-state index >= 15 is 0 Å². The second kappa shape index (κ2) is 12.6. The molecular weight excluding hydrogens is 504 g/mol. The van der Waals surface area contributed by atoms with Crippen molar-refractivity contribution in [3.63, 3.8) is 0 Å². The number of thioether (sulfide) groups is 1. The number of hydrogen-bond donors (Lipinski definition) is 3. The third kappa shape index (κ3) is 7.19. The third-order valence-corrected chi connectivity index (χ3v) is 7.52. The maximum Gasteiger partial charge on any atom is 0.315 e. The maximum absolute atomic E-state index is 11.9. The second-order valence-electron chi connectivity index (χ2n) is 7.73. The normalized spacial score (nSPS) is 24.4. The molecule has 2 saturated heterocycles. The Morgan fingerprint density at radius 3 is 2.69 bits per heavy atom. The van der Waals surface area contributed by atoms with Crippen LogP contribution in [0.4, 0.5) is 4.79 Å². The minimum atomic E-state index is -0.351. The summed E-state index contributed by atoms with van der Waals surface area (Å²) in [6, 6.07) is 0.385. The van der Waals surface area contributed by atoms with Gasteiger partial charge in [-0.3, -0.25) is 19.3 Å². The number of unbranched alkanes of at least 4 members (excludes halogenated alkanes) is 1. The number of hydrogen-bond acceptors (Lipinski definition) is 7. The molecule has 0 aromatic heterocycles. The molecule has 3 aliphatic rings. The Morgan fingerprint density at radius 2 is 1.94 bits per heavy atom. The highest BCUT2D eigenvalue weighted by Crippen LogP contribution is 2.33. The number of rotatable bonds is 14. The molecule has 3 rings (SSSR count). The fraction of sp³-hybridized carbons (Fsp3) is 0.700. The topological polar surface area (TPSA) is 126 Å². The van der Waals surface area contributed by atoms with Gasteiger partial charge in [0, 0.05) is 30.0 Å². The number of carbonyl (C=O) groups excluding carboxylic acids is 4. The molecular formula is C20H29BrN4O6S. The Labute approximate surface area is 199 Å². The van der Waals surface area contributed by atoms with Crippen molar-refractivity contribution in [2.75, 3.05) is 45.3 Å². The predicted molar refractivity (Wildman–Crippen MR) is 122 cm³/mol. The van der Waals surface area contributed by atoms with E-state index in [0.717, 1.165) is 29.9 Å². The van der Waals surface area contributed by atoms with Crippen LogP contribution >= 0.6 is 27.7 Å². The van der Waals surface area contributed by atoms with Crippen LogP contribution in [0.5, 0.6) is 0 Å². The molecule has 0 unspecified atom stereocenters. The lowest BCUT2D eigenvalue weighted by atomic mass is 10.0. The number of ether oxygens (including phenoxy) is 2. The van der Waals surface area contributed by atoms with E-state index in [4.69, 9.17) is 9.47 Å². The molecule has 32 heavy (non-hydrogen) atoms.